The Kier molecular flexibility index (Phi) is 5.11. The second-order valence-electron chi connectivity index (χ2n) is 7.13. The molecule has 0 saturated carbocycles. The SMILES string of the molecule is COc1ccc(C)cc1NC(=O)[C@@H]1c2ccccc2C(=O)N(C)[C@H]1c1cccs1. The number of benzene rings is 2. The average molecular weight is 407 g/mol. The van der Waals surface area contributed by atoms with Crippen molar-refractivity contribution in [1.29, 1.82) is 0 Å². The van der Waals surface area contributed by atoms with Crippen LogP contribution in [0, 0.1) is 6.92 Å². The van der Waals surface area contributed by atoms with Crippen molar-refractivity contribution in [2.75, 3.05) is 19.5 Å². The van der Waals surface area contributed by atoms with E-state index in [2.05, 4.69) is 5.32 Å². The molecule has 2 amide bonds. The van der Waals surface area contributed by atoms with Crippen molar-refractivity contribution in [2.24, 2.45) is 0 Å². The molecule has 148 valence electrons. The van der Waals surface area contributed by atoms with Crippen LogP contribution in [0.15, 0.2) is 60.0 Å². The summed E-state index contributed by atoms with van der Waals surface area (Å²) in [7, 11) is 3.34. The van der Waals surface area contributed by atoms with Crippen molar-refractivity contribution in [3.63, 3.8) is 0 Å². The number of ether oxygens (including phenoxy) is 1. The van der Waals surface area contributed by atoms with Gasteiger partial charge < -0.3 is 15.0 Å². The molecule has 1 N–H and O–H groups in total. The minimum Gasteiger partial charge on any atom is -0.495 e. The summed E-state index contributed by atoms with van der Waals surface area (Å²) in [5.74, 6) is -0.168. The molecular weight excluding hydrogens is 384 g/mol. The zero-order chi connectivity index (χ0) is 20.5. The second kappa shape index (κ2) is 7.72. The van der Waals surface area contributed by atoms with Crippen molar-refractivity contribution in [2.45, 2.75) is 18.9 Å². The lowest BCUT2D eigenvalue weighted by atomic mass is 9.81. The van der Waals surface area contributed by atoms with Crippen LogP contribution in [0.25, 0.3) is 0 Å². The average Bonchev–Trinajstić information content (AvgIpc) is 3.25. The topological polar surface area (TPSA) is 58.6 Å². The standard InChI is InChI=1S/C23H22N2O3S/c1-14-10-11-18(28-3)17(13-14)24-22(26)20-15-7-4-5-8-16(15)23(27)25(2)21(20)19-9-6-12-29-19/h4-13,20-21H,1-3H3,(H,24,26)/t20-,21+/m1/s1. The summed E-state index contributed by atoms with van der Waals surface area (Å²) in [4.78, 5) is 29.2. The van der Waals surface area contributed by atoms with Crippen molar-refractivity contribution in [3.05, 3.63) is 81.5 Å². The maximum absolute atomic E-state index is 13.6. The number of anilines is 1. The molecule has 0 saturated heterocycles. The number of nitrogens with one attached hydrogen (secondary N) is 1. The molecular formula is C23H22N2O3S. The number of aryl methyl sites for hydroxylation is 1. The first-order valence-corrected chi connectivity index (χ1v) is 10.2. The third kappa shape index (κ3) is 3.40. The van der Waals surface area contributed by atoms with E-state index >= 15 is 0 Å². The summed E-state index contributed by atoms with van der Waals surface area (Å²) >= 11 is 1.55. The van der Waals surface area contributed by atoms with Crippen molar-refractivity contribution >= 4 is 28.8 Å². The van der Waals surface area contributed by atoms with Crippen molar-refractivity contribution < 1.29 is 14.3 Å². The van der Waals surface area contributed by atoms with E-state index in [9.17, 15) is 9.59 Å². The Morgan fingerprint density at radius 3 is 2.66 bits per heavy atom. The number of amides is 2. The molecule has 0 bridgehead atoms. The monoisotopic (exact) mass is 406 g/mol. The molecule has 1 aromatic heterocycles. The Morgan fingerprint density at radius 2 is 1.93 bits per heavy atom. The van der Waals surface area contributed by atoms with E-state index in [1.807, 2.05) is 60.8 Å². The van der Waals surface area contributed by atoms with E-state index in [0.717, 1.165) is 16.0 Å². The van der Waals surface area contributed by atoms with Gasteiger partial charge in [-0.15, -0.1) is 11.3 Å². The number of carbonyl (C=O) groups excluding carboxylic acids is 2. The van der Waals surface area contributed by atoms with Crippen LogP contribution in [0.2, 0.25) is 0 Å². The quantitative estimate of drug-likeness (QED) is 0.688. The molecule has 4 rings (SSSR count). The molecule has 0 fully saturated rings. The summed E-state index contributed by atoms with van der Waals surface area (Å²) in [6, 6.07) is 16.6. The Balaban J connectivity index is 1.80. The van der Waals surface area contributed by atoms with Crippen molar-refractivity contribution in [3.8, 4) is 5.75 Å². The molecule has 29 heavy (non-hydrogen) atoms. The maximum atomic E-state index is 13.6. The van der Waals surface area contributed by atoms with Crippen LogP contribution in [-0.2, 0) is 4.79 Å². The van der Waals surface area contributed by atoms with Gasteiger partial charge in [-0.05, 0) is 47.7 Å². The van der Waals surface area contributed by atoms with Crippen LogP contribution in [0.3, 0.4) is 0 Å². The Labute approximate surface area is 173 Å². The van der Waals surface area contributed by atoms with E-state index < -0.39 is 5.92 Å². The van der Waals surface area contributed by atoms with Gasteiger partial charge in [-0.2, -0.15) is 0 Å². The van der Waals surface area contributed by atoms with Gasteiger partial charge in [0.05, 0.1) is 24.8 Å². The highest BCUT2D eigenvalue weighted by Gasteiger charge is 2.43. The van der Waals surface area contributed by atoms with Crippen LogP contribution in [0.4, 0.5) is 5.69 Å². The van der Waals surface area contributed by atoms with Crippen molar-refractivity contribution in [1.82, 2.24) is 4.90 Å². The number of rotatable bonds is 4. The number of thiophene rings is 1. The molecule has 0 unspecified atom stereocenters. The van der Waals surface area contributed by atoms with Gasteiger partial charge in [-0.1, -0.05) is 30.3 Å². The summed E-state index contributed by atoms with van der Waals surface area (Å²) in [6.07, 6.45) is 0. The van der Waals surface area contributed by atoms with Crippen LogP contribution in [0.1, 0.15) is 38.3 Å². The molecule has 0 radical (unpaired) electrons. The molecule has 2 heterocycles. The summed E-state index contributed by atoms with van der Waals surface area (Å²) in [6.45, 7) is 1.96. The minimum atomic E-state index is -0.530. The smallest absolute Gasteiger partial charge is 0.254 e. The lowest BCUT2D eigenvalue weighted by Gasteiger charge is -2.39. The van der Waals surface area contributed by atoms with Gasteiger partial charge in [0.15, 0.2) is 0 Å². The van der Waals surface area contributed by atoms with E-state index in [1.165, 1.54) is 0 Å². The van der Waals surface area contributed by atoms with Crippen LogP contribution in [-0.4, -0.2) is 30.9 Å². The number of carbonyl (C=O) groups is 2. The largest absolute Gasteiger partial charge is 0.495 e. The molecule has 1 aliphatic rings. The minimum absolute atomic E-state index is 0.0730. The van der Waals surface area contributed by atoms with E-state index in [1.54, 1.807) is 36.5 Å². The summed E-state index contributed by atoms with van der Waals surface area (Å²) in [5.41, 5.74) is 2.96. The fraction of sp³-hybridized carbons (Fsp3) is 0.217. The Hall–Kier alpha value is -3.12. The van der Waals surface area contributed by atoms with E-state index in [-0.39, 0.29) is 17.9 Å². The first kappa shape index (κ1) is 19.2. The number of nitrogens with zero attached hydrogens (tertiary/aromatic N) is 1. The highest BCUT2D eigenvalue weighted by atomic mass is 32.1. The van der Waals surface area contributed by atoms with E-state index in [0.29, 0.717) is 17.0 Å². The number of hydrogen-bond acceptors (Lipinski definition) is 4. The number of methoxy groups -OCH3 is 1. The van der Waals surface area contributed by atoms with Gasteiger partial charge in [-0.3, -0.25) is 9.59 Å². The first-order chi connectivity index (χ1) is 14.0. The second-order valence-corrected chi connectivity index (χ2v) is 8.11. The Bertz CT molecular complexity index is 1060. The summed E-state index contributed by atoms with van der Waals surface area (Å²) < 4.78 is 5.42. The molecule has 0 spiro atoms. The number of likely N-dealkylation sites (N-methyl/N-ethyl adjacent to an activating group) is 1. The Morgan fingerprint density at radius 1 is 1.14 bits per heavy atom. The highest BCUT2D eigenvalue weighted by molar-refractivity contribution is 7.10. The molecule has 1 aliphatic heterocycles. The highest BCUT2D eigenvalue weighted by Crippen LogP contribution is 2.44. The number of hydrogen-bond donors (Lipinski definition) is 1. The molecule has 0 aliphatic carbocycles. The van der Waals surface area contributed by atoms with Gasteiger partial charge >= 0.3 is 0 Å². The van der Waals surface area contributed by atoms with Gasteiger partial charge in [0.1, 0.15) is 5.75 Å². The predicted octanol–water partition coefficient (Wildman–Crippen LogP) is 4.61. The van der Waals surface area contributed by atoms with Crippen LogP contribution < -0.4 is 10.1 Å². The molecule has 3 aromatic rings. The van der Waals surface area contributed by atoms with Gasteiger partial charge in [0.2, 0.25) is 5.91 Å². The first-order valence-electron chi connectivity index (χ1n) is 9.36. The predicted molar refractivity (Wildman–Crippen MR) is 115 cm³/mol. The molecule has 5 nitrogen and oxygen atoms in total. The van der Waals surface area contributed by atoms with Crippen LogP contribution in [0.5, 0.6) is 5.75 Å². The molecule has 2 atom stereocenters. The third-order valence-electron chi connectivity index (χ3n) is 5.31. The normalized spacial score (nSPS) is 18.3. The number of fused-ring (bicyclic) bond motifs is 1. The summed E-state index contributed by atoms with van der Waals surface area (Å²) in [5, 5.41) is 5.01. The lowest BCUT2D eigenvalue weighted by molar-refractivity contribution is -0.119. The molecule has 2 aromatic carbocycles. The maximum Gasteiger partial charge on any atom is 0.254 e. The van der Waals surface area contributed by atoms with E-state index in [4.69, 9.17) is 4.74 Å². The zero-order valence-electron chi connectivity index (χ0n) is 16.5. The fourth-order valence-corrected chi connectivity index (χ4v) is 4.81. The molecule has 6 heteroatoms. The third-order valence-corrected chi connectivity index (χ3v) is 6.25. The van der Waals surface area contributed by atoms with Gasteiger partial charge in [-0.25, -0.2) is 0 Å². The fourth-order valence-electron chi connectivity index (χ4n) is 3.90. The van der Waals surface area contributed by atoms with Gasteiger partial charge in [0, 0.05) is 17.5 Å². The van der Waals surface area contributed by atoms with Crippen LogP contribution >= 0.6 is 11.3 Å². The van der Waals surface area contributed by atoms with Gasteiger partial charge in [0.25, 0.3) is 5.91 Å². The zero-order valence-corrected chi connectivity index (χ0v) is 17.3. The lowest BCUT2D eigenvalue weighted by Crippen LogP contribution is -2.43.